The van der Waals surface area contributed by atoms with Crippen molar-refractivity contribution in [2.24, 2.45) is 0 Å². The Hall–Kier alpha value is -3.04. The molecule has 2 aromatic carbocycles. The molecule has 2 unspecified atom stereocenters. The predicted molar refractivity (Wildman–Crippen MR) is 149 cm³/mol. The van der Waals surface area contributed by atoms with Crippen LogP contribution in [0.4, 0.5) is 4.79 Å². The molecule has 0 aromatic heterocycles. The van der Waals surface area contributed by atoms with Gasteiger partial charge in [0.2, 0.25) is 0 Å². The molecule has 2 bridgehead atoms. The summed E-state index contributed by atoms with van der Waals surface area (Å²) in [7, 11) is 1.77. The highest BCUT2D eigenvalue weighted by Crippen LogP contribution is 2.41. The van der Waals surface area contributed by atoms with Crippen molar-refractivity contribution in [1.82, 2.24) is 9.80 Å². The molecule has 202 valence electrons. The minimum absolute atomic E-state index is 0.116. The number of nitriles is 1. The number of fused-ring (bicyclic) bond motifs is 2. The van der Waals surface area contributed by atoms with Crippen LogP contribution in [0.1, 0.15) is 76.3 Å². The number of ether oxygens (including phenoxy) is 2. The lowest BCUT2D eigenvalue weighted by atomic mass is 9.84. The van der Waals surface area contributed by atoms with Crippen LogP contribution in [0.15, 0.2) is 42.5 Å². The van der Waals surface area contributed by atoms with Gasteiger partial charge in [0, 0.05) is 18.1 Å². The van der Waals surface area contributed by atoms with Gasteiger partial charge in [-0.3, -0.25) is 0 Å². The van der Waals surface area contributed by atoms with Crippen molar-refractivity contribution in [2.75, 3.05) is 26.8 Å². The Morgan fingerprint density at radius 3 is 2.18 bits per heavy atom. The van der Waals surface area contributed by atoms with Crippen molar-refractivity contribution in [1.29, 1.82) is 5.26 Å². The molecule has 3 heterocycles. The molecule has 0 radical (unpaired) electrons. The average molecular weight is 516 g/mol. The molecule has 2 atom stereocenters. The van der Waals surface area contributed by atoms with Gasteiger partial charge in [-0.25, -0.2) is 4.79 Å². The second-order valence-corrected chi connectivity index (χ2v) is 11.7. The summed E-state index contributed by atoms with van der Waals surface area (Å²) in [5.74, 6) is 1.45. The normalized spacial score (nSPS) is 24.2. The van der Waals surface area contributed by atoms with Gasteiger partial charge in [-0.1, -0.05) is 36.4 Å². The summed E-state index contributed by atoms with van der Waals surface area (Å²) >= 11 is 0. The van der Waals surface area contributed by atoms with E-state index in [0.717, 1.165) is 74.1 Å². The van der Waals surface area contributed by atoms with Crippen LogP contribution in [0.3, 0.4) is 0 Å². The molecule has 0 aliphatic carbocycles. The van der Waals surface area contributed by atoms with Gasteiger partial charge in [0.1, 0.15) is 5.75 Å². The van der Waals surface area contributed by atoms with Crippen LogP contribution >= 0.6 is 0 Å². The SMILES string of the molecule is CCOC(=O)N1C2CCC1CC(N1CCC(c3ccc(-c4ccc(C(C)(C)C#N)cc4)cc3OC)CC1)C2. The van der Waals surface area contributed by atoms with E-state index in [0.29, 0.717) is 30.7 Å². The third-order valence-corrected chi connectivity index (χ3v) is 9.13. The summed E-state index contributed by atoms with van der Waals surface area (Å²) in [6.07, 6.45) is 6.50. The van der Waals surface area contributed by atoms with Crippen LogP contribution in [-0.4, -0.2) is 60.8 Å². The van der Waals surface area contributed by atoms with Gasteiger partial charge in [-0.2, -0.15) is 5.26 Å². The molecule has 0 saturated carbocycles. The van der Waals surface area contributed by atoms with Gasteiger partial charge in [0.05, 0.1) is 25.2 Å². The van der Waals surface area contributed by atoms with E-state index in [9.17, 15) is 10.1 Å². The number of piperidine rings is 2. The zero-order valence-electron chi connectivity index (χ0n) is 23.3. The number of hydrogen-bond donors (Lipinski definition) is 0. The Kier molecular flexibility index (Phi) is 7.68. The summed E-state index contributed by atoms with van der Waals surface area (Å²) in [5, 5.41) is 9.43. The number of methoxy groups -OCH3 is 1. The second-order valence-electron chi connectivity index (χ2n) is 11.7. The fourth-order valence-corrected chi connectivity index (χ4v) is 6.89. The van der Waals surface area contributed by atoms with Crippen molar-refractivity contribution < 1.29 is 14.3 Å². The second kappa shape index (κ2) is 11.0. The van der Waals surface area contributed by atoms with Gasteiger partial charge in [-0.05, 0) is 107 Å². The highest BCUT2D eigenvalue weighted by atomic mass is 16.6. The number of carbonyl (C=O) groups excluding carboxylic acids is 1. The lowest BCUT2D eigenvalue weighted by Crippen LogP contribution is -2.53. The molecule has 3 saturated heterocycles. The van der Waals surface area contributed by atoms with E-state index in [1.807, 2.05) is 25.7 Å². The number of carbonyl (C=O) groups is 1. The number of hydrogen-bond acceptors (Lipinski definition) is 5. The standard InChI is InChI=1S/C32H41N3O3/c1-5-38-31(36)35-26-11-12-27(35)20-28(19-26)34-16-14-23(15-17-34)29-13-8-24(18-30(29)37-4)22-6-9-25(10-7-22)32(2,3)21-33/h6-10,13,18,23,26-28H,5,11-12,14-17,19-20H2,1-4H3. The van der Waals surface area contributed by atoms with Crippen molar-refractivity contribution in [3.8, 4) is 22.9 Å². The van der Waals surface area contributed by atoms with Crippen LogP contribution in [0.25, 0.3) is 11.1 Å². The van der Waals surface area contributed by atoms with Crippen molar-refractivity contribution >= 4 is 6.09 Å². The maximum absolute atomic E-state index is 12.5. The molecule has 0 spiro atoms. The maximum Gasteiger partial charge on any atom is 0.410 e. The first-order valence-corrected chi connectivity index (χ1v) is 14.2. The van der Waals surface area contributed by atoms with Gasteiger partial charge in [0.25, 0.3) is 0 Å². The molecular formula is C32H41N3O3. The zero-order valence-corrected chi connectivity index (χ0v) is 23.3. The van der Waals surface area contributed by atoms with E-state index in [2.05, 4.69) is 53.4 Å². The minimum atomic E-state index is -0.494. The third-order valence-electron chi connectivity index (χ3n) is 9.13. The molecule has 2 aromatic rings. The fourth-order valence-electron chi connectivity index (χ4n) is 6.89. The van der Waals surface area contributed by atoms with Gasteiger partial charge >= 0.3 is 6.09 Å². The monoisotopic (exact) mass is 515 g/mol. The topological polar surface area (TPSA) is 65.8 Å². The fraction of sp³-hybridized carbons (Fsp3) is 0.562. The molecule has 6 nitrogen and oxygen atoms in total. The molecule has 3 fully saturated rings. The number of rotatable bonds is 6. The van der Waals surface area contributed by atoms with Crippen molar-refractivity contribution in [2.45, 2.75) is 88.8 Å². The van der Waals surface area contributed by atoms with Crippen LogP contribution < -0.4 is 4.74 Å². The Balaban J connectivity index is 1.22. The molecule has 1 amide bonds. The molecule has 38 heavy (non-hydrogen) atoms. The molecular weight excluding hydrogens is 474 g/mol. The molecule has 5 rings (SSSR count). The minimum Gasteiger partial charge on any atom is -0.496 e. The van der Waals surface area contributed by atoms with Gasteiger partial charge in [-0.15, -0.1) is 0 Å². The number of benzene rings is 2. The van der Waals surface area contributed by atoms with E-state index in [1.54, 1.807) is 7.11 Å². The molecule has 0 N–H and O–H groups in total. The average Bonchev–Trinajstić information content (AvgIpc) is 3.22. The van der Waals surface area contributed by atoms with Crippen LogP contribution in [0.2, 0.25) is 0 Å². The van der Waals surface area contributed by atoms with Gasteiger partial charge in [0.15, 0.2) is 0 Å². The highest BCUT2D eigenvalue weighted by molar-refractivity contribution is 5.69. The van der Waals surface area contributed by atoms with E-state index < -0.39 is 5.41 Å². The first-order chi connectivity index (χ1) is 18.3. The van der Waals surface area contributed by atoms with E-state index in [1.165, 1.54) is 5.56 Å². The summed E-state index contributed by atoms with van der Waals surface area (Å²) in [4.78, 5) is 17.2. The lowest BCUT2D eigenvalue weighted by Gasteiger charge is -2.45. The summed E-state index contributed by atoms with van der Waals surface area (Å²) < 4.78 is 11.2. The number of amides is 1. The smallest absolute Gasteiger partial charge is 0.410 e. The Morgan fingerprint density at radius 1 is 0.974 bits per heavy atom. The Bertz CT molecular complexity index is 1160. The van der Waals surface area contributed by atoms with Crippen LogP contribution in [-0.2, 0) is 10.2 Å². The largest absolute Gasteiger partial charge is 0.496 e. The highest BCUT2D eigenvalue weighted by Gasteiger charge is 2.45. The van der Waals surface area contributed by atoms with Gasteiger partial charge < -0.3 is 19.3 Å². The lowest BCUT2D eigenvalue weighted by molar-refractivity contribution is 0.0340. The van der Waals surface area contributed by atoms with E-state index in [4.69, 9.17) is 9.47 Å². The Morgan fingerprint density at radius 2 is 1.61 bits per heavy atom. The third kappa shape index (κ3) is 5.14. The van der Waals surface area contributed by atoms with Crippen molar-refractivity contribution in [3.05, 3.63) is 53.6 Å². The summed E-state index contributed by atoms with van der Waals surface area (Å²) in [6, 6.07) is 18.5. The van der Waals surface area contributed by atoms with E-state index in [-0.39, 0.29) is 6.09 Å². The van der Waals surface area contributed by atoms with Crippen LogP contribution in [0.5, 0.6) is 5.75 Å². The summed E-state index contributed by atoms with van der Waals surface area (Å²) in [5.41, 5.74) is 4.10. The zero-order chi connectivity index (χ0) is 26.9. The number of likely N-dealkylation sites (tertiary alicyclic amines) is 1. The van der Waals surface area contributed by atoms with Crippen LogP contribution in [0, 0.1) is 11.3 Å². The number of nitrogens with zero attached hydrogens (tertiary/aromatic N) is 3. The predicted octanol–water partition coefficient (Wildman–Crippen LogP) is 6.49. The first-order valence-electron chi connectivity index (χ1n) is 14.2. The molecule has 6 heteroatoms. The van der Waals surface area contributed by atoms with Crippen molar-refractivity contribution in [3.63, 3.8) is 0 Å². The quantitative estimate of drug-likeness (QED) is 0.440. The Labute approximate surface area is 227 Å². The maximum atomic E-state index is 12.5. The molecule has 3 aliphatic rings. The molecule has 3 aliphatic heterocycles. The van der Waals surface area contributed by atoms with E-state index >= 15 is 0 Å². The summed E-state index contributed by atoms with van der Waals surface area (Å²) in [6.45, 7) is 8.41. The first kappa shape index (κ1) is 26.6.